The molecule has 0 atom stereocenters. The molecule has 1 N–H and O–H groups in total. The molecule has 0 fully saturated rings. The lowest BCUT2D eigenvalue weighted by atomic mass is 10.3. The average Bonchev–Trinajstić information content (AvgIpc) is 1.85. The zero-order valence-corrected chi connectivity index (χ0v) is 6.02. The van der Waals surface area contributed by atoms with E-state index in [1.807, 2.05) is 32.3 Å². The van der Waals surface area contributed by atoms with E-state index in [9.17, 15) is 0 Å². The second-order valence-corrected chi connectivity index (χ2v) is 1.77. The second kappa shape index (κ2) is 5.16. The van der Waals surface area contributed by atoms with Gasteiger partial charge in [0.15, 0.2) is 0 Å². The van der Waals surface area contributed by atoms with Crippen molar-refractivity contribution in [2.45, 2.75) is 6.92 Å². The summed E-state index contributed by atoms with van der Waals surface area (Å²) in [7, 11) is 1.88. The summed E-state index contributed by atoms with van der Waals surface area (Å²) in [6.07, 6.45) is 7.58. The van der Waals surface area contributed by atoms with Crippen molar-refractivity contribution in [3.05, 3.63) is 36.6 Å². The Morgan fingerprint density at radius 3 is 2.67 bits per heavy atom. The molecule has 0 aromatic heterocycles. The average molecular weight is 123 g/mol. The fourth-order valence-corrected chi connectivity index (χ4v) is 0.496. The number of nitrogens with one attached hydrogen (secondary N) is 1. The summed E-state index contributed by atoms with van der Waals surface area (Å²) in [5.41, 5.74) is 1.19. The van der Waals surface area contributed by atoms with Gasteiger partial charge in [-0.1, -0.05) is 24.8 Å². The highest BCUT2D eigenvalue weighted by Gasteiger charge is 1.74. The van der Waals surface area contributed by atoms with Crippen LogP contribution in [-0.4, -0.2) is 7.05 Å². The molecule has 0 aliphatic rings. The van der Waals surface area contributed by atoms with Gasteiger partial charge in [-0.3, -0.25) is 0 Å². The number of rotatable bonds is 3. The molecule has 0 amide bonds. The quantitative estimate of drug-likeness (QED) is 0.565. The number of allylic oxidation sites excluding steroid dienone is 4. The topological polar surface area (TPSA) is 12.0 Å². The van der Waals surface area contributed by atoms with E-state index in [1.54, 1.807) is 6.08 Å². The van der Waals surface area contributed by atoms with Crippen molar-refractivity contribution in [2.75, 3.05) is 7.05 Å². The first-order valence-electron chi connectivity index (χ1n) is 2.94. The summed E-state index contributed by atoms with van der Waals surface area (Å²) in [5.74, 6) is 0. The van der Waals surface area contributed by atoms with Crippen LogP contribution in [0.2, 0.25) is 0 Å². The first kappa shape index (κ1) is 8.02. The number of hydrogen-bond donors (Lipinski definition) is 1. The predicted octanol–water partition coefficient (Wildman–Crippen LogP) is 1.85. The van der Waals surface area contributed by atoms with Crippen molar-refractivity contribution in [1.82, 2.24) is 5.32 Å². The Morgan fingerprint density at radius 2 is 2.22 bits per heavy atom. The van der Waals surface area contributed by atoms with E-state index in [0.29, 0.717) is 0 Å². The van der Waals surface area contributed by atoms with Gasteiger partial charge >= 0.3 is 0 Å². The number of hydrogen-bond acceptors (Lipinski definition) is 1. The molecule has 0 bridgehead atoms. The Balaban J connectivity index is 3.74. The van der Waals surface area contributed by atoms with Crippen LogP contribution in [0.5, 0.6) is 0 Å². The molecule has 0 spiro atoms. The van der Waals surface area contributed by atoms with E-state index >= 15 is 0 Å². The van der Waals surface area contributed by atoms with Gasteiger partial charge in [0.2, 0.25) is 0 Å². The van der Waals surface area contributed by atoms with Crippen molar-refractivity contribution < 1.29 is 0 Å². The van der Waals surface area contributed by atoms with Crippen LogP contribution in [0.15, 0.2) is 36.6 Å². The molecule has 0 aliphatic carbocycles. The summed E-state index contributed by atoms with van der Waals surface area (Å²) in [5, 5.41) is 2.93. The second-order valence-electron chi connectivity index (χ2n) is 1.77. The monoisotopic (exact) mass is 123 g/mol. The van der Waals surface area contributed by atoms with Crippen LogP contribution in [0.25, 0.3) is 0 Å². The zero-order valence-electron chi connectivity index (χ0n) is 6.02. The summed E-state index contributed by atoms with van der Waals surface area (Å²) in [4.78, 5) is 0. The predicted molar refractivity (Wildman–Crippen MR) is 42.2 cm³/mol. The van der Waals surface area contributed by atoms with Crippen LogP contribution < -0.4 is 5.32 Å². The summed E-state index contributed by atoms with van der Waals surface area (Å²) in [6.45, 7) is 5.58. The molecule has 0 radical (unpaired) electrons. The van der Waals surface area contributed by atoms with Gasteiger partial charge in [0.1, 0.15) is 0 Å². The van der Waals surface area contributed by atoms with Gasteiger partial charge in [-0.05, 0) is 18.7 Å². The third-order valence-corrected chi connectivity index (χ3v) is 0.867. The van der Waals surface area contributed by atoms with Crippen molar-refractivity contribution >= 4 is 0 Å². The maximum atomic E-state index is 3.56. The molecule has 0 heterocycles. The van der Waals surface area contributed by atoms with Crippen molar-refractivity contribution in [3.8, 4) is 0 Å². The van der Waals surface area contributed by atoms with Gasteiger partial charge in [-0.15, -0.1) is 0 Å². The van der Waals surface area contributed by atoms with Crippen LogP contribution in [0.3, 0.4) is 0 Å². The lowest BCUT2D eigenvalue weighted by molar-refractivity contribution is 1.08. The first-order chi connectivity index (χ1) is 4.31. The Kier molecular flexibility index (Phi) is 4.60. The fourth-order valence-electron chi connectivity index (χ4n) is 0.496. The zero-order chi connectivity index (χ0) is 7.11. The SMILES string of the molecule is C=C/C=C\C(C)=C/NC. The van der Waals surface area contributed by atoms with Crippen molar-refractivity contribution in [3.63, 3.8) is 0 Å². The van der Waals surface area contributed by atoms with E-state index in [4.69, 9.17) is 0 Å². The largest absolute Gasteiger partial charge is 0.394 e. The van der Waals surface area contributed by atoms with Crippen LogP contribution >= 0.6 is 0 Å². The van der Waals surface area contributed by atoms with Gasteiger partial charge in [-0.25, -0.2) is 0 Å². The Hall–Kier alpha value is -0.980. The highest BCUT2D eigenvalue weighted by Crippen LogP contribution is 1.90. The maximum absolute atomic E-state index is 3.56. The highest BCUT2D eigenvalue weighted by molar-refractivity contribution is 5.18. The van der Waals surface area contributed by atoms with E-state index in [2.05, 4.69) is 11.9 Å². The Labute approximate surface area is 56.8 Å². The molecule has 0 aromatic carbocycles. The fraction of sp³-hybridized carbons (Fsp3) is 0.250. The Morgan fingerprint density at radius 1 is 1.56 bits per heavy atom. The molecule has 1 nitrogen and oxygen atoms in total. The molecular weight excluding hydrogens is 110 g/mol. The smallest absolute Gasteiger partial charge is 0.00277 e. The molecule has 0 aromatic rings. The Bertz CT molecular complexity index is 132. The third-order valence-electron chi connectivity index (χ3n) is 0.867. The molecule has 0 aliphatic heterocycles. The van der Waals surface area contributed by atoms with E-state index in [-0.39, 0.29) is 0 Å². The van der Waals surface area contributed by atoms with Crippen molar-refractivity contribution in [1.29, 1.82) is 0 Å². The first-order valence-corrected chi connectivity index (χ1v) is 2.94. The summed E-state index contributed by atoms with van der Waals surface area (Å²) < 4.78 is 0. The summed E-state index contributed by atoms with van der Waals surface area (Å²) >= 11 is 0. The molecule has 0 unspecified atom stereocenters. The molecule has 1 heteroatoms. The standard InChI is InChI=1S/C8H13N/c1-4-5-6-8(2)7-9-3/h4-7,9H,1H2,2-3H3/b6-5-,8-7-. The van der Waals surface area contributed by atoms with Gasteiger partial charge in [0.05, 0.1) is 0 Å². The molecule has 0 rings (SSSR count). The van der Waals surface area contributed by atoms with Gasteiger partial charge < -0.3 is 5.32 Å². The van der Waals surface area contributed by atoms with E-state index in [0.717, 1.165) is 0 Å². The highest BCUT2D eigenvalue weighted by atomic mass is 14.8. The van der Waals surface area contributed by atoms with Crippen molar-refractivity contribution in [2.24, 2.45) is 0 Å². The van der Waals surface area contributed by atoms with E-state index in [1.165, 1.54) is 5.57 Å². The van der Waals surface area contributed by atoms with Gasteiger partial charge in [-0.2, -0.15) is 0 Å². The van der Waals surface area contributed by atoms with Gasteiger partial charge in [0, 0.05) is 7.05 Å². The van der Waals surface area contributed by atoms with E-state index < -0.39 is 0 Å². The molecular formula is C8H13N. The minimum Gasteiger partial charge on any atom is -0.394 e. The third kappa shape index (κ3) is 4.88. The molecule has 0 saturated heterocycles. The lowest BCUT2D eigenvalue weighted by Crippen LogP contribution is -1.92. The normalized spacial score (nSPS) is 12.0. The minimum absolute atomic E-state index is 1.19. The van der Waals surface area contributed by atoms with Crippen LogP contribution in [0.1, 0.15) is 6.92 Å². The summed E-state index contributed by atoms with van der Waals surface area (Å²) in [6, 6.07) is 0. The minimum atomic E-state index is 1.19. The van der Waals surface area contributed by atoms with Crippen LogP contribution in [-0.2, 0) is 0 Å². The maximum Gasteiger partial charge on any atom is 0.00277 e. The van der Waals surface area contributed by atoms with Crippen LogP contribution in [0, 0.1) is 0 Å². The molecule has 0 saturated carbocycles. The molecule has 9 heavy (non-hydrogen) atoms. The molecule has 50 valence electrons. The van der Waals surface area contributed by atoms with Crippen LogP contribution in [0.4, 0.5) is 0 Å². The van der Waals surface area contributed by atoms with Gasteiger partial charge in [0.25, 0.3) is 0 Å². The lowest BCUT2D eigenvalue weighted by Gasteiger charge is -1.88.